The molecule has 1 aliphatic heterocycles. The molecular formula is C21H26NO2+. The first-order valence-corrected chi connectivity index (χ1v) is 8.64. The Morgan fingerprint density at radius 2 is 1.92 bits per heavy atom. The summed E-state index contributed by atoms with van der Waals surface area (Å²) in [5.41, 5.74) is 4.11. The lowest BCUT2D eigenvalue weighted by atomic mass is 10.0. The van der Waals surface area contributed by atoms with Crippen molar-refractivity contribution in [1.82, 2.24) is 0 Å². The average molecular weight is 324 g/mol. The first kappa shape index (κ1) is 16.6. The van der Waals surface area contributed by atoms with Crippen molar-refractivity contribution in [1.29, 1.82) is 0 Å². The monoisotopic (exact) mass is 324 g/mol. The van der Waals surface area contributed by atoms with Crippen LogP contribution in [0.3, 0.4) is 0 Å². The van der Waals surface area contributed by atoms with Crippen molar-refractivity contribution in [3.63, 3.8) is 0 Å². The molecule has 3 heteroatoms. The maximum Gasteiger partial charge on any atom is 0.161 e. The Balaban J connectivity index is 1.55. The van der Waals surface area contributed by atoms with Gasteiger partial charge in [0.2, 0.25) is 0 Å². The fourth-order valence-corrected chi connectivity index (χ4v) is 3.26. The number of fused-ring (bicyclic) bond motifs is 1. The van der Waals surface area contributed by atoms with Gasteiger partial charge in [0, 0.05) is 12.0 Å². The van der Waals surface area contributed by atoms with Crippen LogP contribution in [0.5, 0.6) is 11.5 Å². The van der Waals surface area contributed by atoms with E-state index in [9.17, 15) is 0 Å². The Morgan fingerprint density at radius 3 is 2.71 bits per heavy atom. The van der Waals surface area contributed by atoms with E-state index in [1.165, 1.54) is 17.7 Å². The van der Waals surface area contributed by atoms with E-state index in [4.69, 9.17) is 9.47 Å². The Hall–Kier alpha value is -2.26. The minimum Gasteiger partial charge on any atom is -0.493 e. The second-order valence-electron chi connectivity index (χ2n) is 6.20. The van der Waals surface area contributed by atoms with Crippen molar-refractivity contribution in [3.05, 3.63) is 65.2 Å². The highest BCUT2D eigenvalue weighted by Gasteiger charge is 2.18. The summed E-state index contributed by atoms with van der Waals surface area (Å²) in [5.74, 6) is 1.62. The molecule has 0 aliphatic carbocycles. The molecule has 3 rings (SSSR count). The van der Waals surface area contributed by atoms with Gasteiger partial charge in [-0.15, -0.1) is 0 Å². The van der Waals surface area contributed by atoms with Crippen LogP contribution in [0.1, 0.15) is 23.6 Å². The topological polar surface area (TPSA) is 22.9 Å². The zero-order valence-electron chi connectivity index (χ0n) is 14.5. The number of hydrogen-bond acceptors (Lipinski definition) is 2. The third kappa shape index (κ3) is 3.98. The zero-order valence-corrected chi connectivity index (χ0v) is 14.5. The molecule has 1 heterocycles. The quantitative estimate of drug-likeness (QED) is 0.883. The molecule has 1 unspecified atom stereocenters. The van der Waals surface area contributed by atoms with Gasteiger partial charge in [-0.2, -0.15) is 0 Å². The van der Waals surface area contributed by atoms with Gasteiger partial charge >= 0.3 is 0 Å². The molecule has 126 valence electrons. The Kier molecular flexibility index (Phi) is 5.55. The highest BCUT2D eigenvalue weighted by molar-refractivity contribution is 5.55. The molecule has 0 saturated carbocycles. The summed E-state index contributed by atoms with van der Waals surface area (Å²) in [4.78, 5) is 1.58. The Labute approximate surface area is 144 Å². The van der Waals surface area contributed by atoms with Crippen molar-refractivity contribution < 1.29 is 14.4 Å². The smallest absolute Gasteiger partial charge is 0.161 e. The molecule has 1 N–H and O–H groups in total. The van der Waals surface area contributed by atoms with Crippen molar-refractivity contribution in [2.24, 2.45) is 0 Å². The van der Waals surface area contributed by atoms with Gasteiger partial charge in [0.1, 0.15) is 19.7 Å². The Morgan fingerprint density at radius 1 is 1.08 bits per heavy atom. The highest BCUT2D eigenvalue weighted by atomic mass is 16.5. The third-order valence-electron chi connectivity index (χ3n) is 4.57. The molecule has 0 fully saturated rings. The Bertz CT molecular complexity index is 709. The summed E-state index contributed by atoms with van der Waals surface area (Å²) in [6, 6.07) is 14.8. The molecule has 24 heavy (non-hydrogen) atoms. The van der Waals surface area contributed by atoms with Crippen molar-refractivity contribution in [2.75, 3.05) is 26.8 Å². The molecule has 3 nitrogen and oxygen atoms in total. The van der Waals surface area contributed by atoms with E-state index >= 15 is 0 Å². The molecule has 0 radical (unpaired) electrons. The molecule has 2 aromatic carbocycles. The summed E-state index contributed by atoms with van der Waals surface area (Å²) in [5, 5.41) is 0. The second-order valence-corrected chi connectivity index (χ2v) is 6.20. The van der Waals surface area contributed by atoms with E-state index in [1.807, 2.05) is 25.1 Å². The van der Waals surface area contributed by atoms with Gasteiger partial charge in [-0.05, 0) is 30.2 Å². The third-order valence-corrected chi connectivity index (χ3v) is 4.57. The van der Waals surface area contributed by atoms with E-state index < -0.39 is 0 Å². The molecule has 2 aromatic rings. The average Bonchev–Trinajstić information content (AvgIpc) is 2.63. The van der Waals surface area contributed by atoms with Crippen LogP contribution in [-0.2, 0) is 13.0 Å². The predicted molar refractivity (Wildman–Crippen MR) is 97.7 cm³/mol. The van der Waals surface area contributed by atoms with Gasteiger partial charge < -0.3 is 14.4 Å². The number of allylic oxidation sites excluding steroid dienone is 1. The molecule has 0 spiro atoms. The van der Waals surface area contributed by atoms with Gasteiger partial charge in [-0.3, -0.25) is 0 Å². The van der Waals surface area contributed by atoms with Gasteiger partial charge in [0.05, 0.1) is 13.7 Å². The number of methoxy groups -OCH3 is 1. The normalized spacial score (nSPS) is 16.8. The van der Waals surface area contributed by atoms with Crippen LogP contribution in [0, 0.1) is 0 Å². The van der Waals surface area contributed by atoms with Gasteiger partial charge in [-0.1, -0.05) is 42.5 Å². The fraction of sp³-hybridized carbons (Fsp3) is 0.333. The zero-order chi connectivity index (χ0) is 16.8. The first-order valence-electron chi connectivity index (χ1n) is 8.64. The van der Waals surface area contributed by atoms with E-state index in [1.54, 1.807) is 12.0 Å². The number of rotatable bonds is 6. The maximum absolute atomic E-state index is 5.98. The molecular weight excluding hydrogens is 298 g/mol. The summed E-state index contributed by atoms with van der Waals surface area (Å²) < 4.78 is 11.4. The lowest BCUT2D eigenvalue weighted by Crippen LogP contribution is -3.12. The minimum absolute atomic E-state index is 0.705. The fourth-order valence-electron chi connectivity index (χ4n) is 3.26. The second kappa shape index (κ2) is 8.02. The molecule has 0 aromatic heterocycles. The van der Waals surface area contributed by atoms with E-state index in [-0.39, 0.29) is 0 Å². The van der Waals surface area contributed by atoms with Gasteiger partial charge in [0.25, 0.3) is 0 Å². The first-order chi connectivity index (χ1) is 11.8. The predicted octanol–water partition coefficient (Wildman–Crippen LogP) is 2.75. The standard InChI is InChI=1S/C21H25NO2/c1-3-6-17-9-10-20(21(15-17)23-2)24-14-13-22-12-11-18-7-4-5-8-19(18)16-22/h3-10,15H,11-14,16H2,1-2H3/p+1/b6-3+. The maximum atomic E-state index is 5.98. The lowest BCUT2D eigenvalue weighted by Gasteiger charge is -2.25. The number of nitrogens with one attached hydrogen (secondary N) is 1. The van der Waals surface area contributed by atoms with Crippen molar-refractivity contribution in [3.8, 4) is 11.5 Å². The number of quaternary nitrogens is 1. The van der Waals surface area contributed by atoms with Crippen LogP contribution in [0.15, 0.2) is 48.5 Å². The van der Waals surface area contributed by atoms with E-state index in [0.29, 0.717) is 6.61 Å². The summed E-state index contributed by atoms with van der Waals surface area (Å²) >= 11 is 0. The van der Waals surface area contributed by atoms with Crippen LogP contribution in [0.4, 0.5) is 0 Å². The van der Waals surface area contributed by atoms with E-state index in [2.05, 4.69) is 36.4 Å². The van der Waals surface area contributed by atoms with Crippen LogP contribution in [0.25, 0.3) is 6.08 Å². The SMILES string of the molecule is C/C=C/c1ccc(OCC[NH+]2CCc3ccccc3C2)c(OC)c1. The number of benzene rings is 2. The molecule has 1 atom stereocenters. The van der Waals surface area contributed by atoms with E-state index in [0.717, 1.165) is 36.6 Å². The van der Waals surface area contributed by atoms with Gasteiger partial charge in [-0.25, -0.2) is 0 Å². The van der Waals surface area contributed by atoms with Crippen LogP contribution in [-0.4, -0.2) is 26.8 Å². The molecule has 0 amide bonds. The summed E-state index contributed by atoms with van der Waals surface area (Å²) in [6.45, 7) is 6.00. The van der Waals surface area contributed by atoms with Crippen LogP contribution < -0.4 is 14.4 Å². The molecule has 1 aliphatic rings. The molecule has 0 saturated heterocycles. The van der Waals surface area contributed by atoms with Crippen LogP contribution >= 0.6 is 0 Å². The van der Waals surface area contributed by atoms with Crippen molar-refractivity contribution >= 4 is 6.08 Å². The van der Waals surface area contributed by atoms with Gasteiger partial charge in [0.15, 0.2) is 11.5 Å². The van der Waals surface area contributed by atoms with Crippen LogP contribution in [0.2, 0.25) is 0 Å². The number of hydrogen-bond donors (Lipinski definition) is 1. The summed E-state index contributed by atoms with van der Waals surface area (Å²) in [7, 11) is 1.69. The molecule has 0 bridgehead atoms. The highest BCUT2D eigenvalue weighted by Crippen LogP contribution is 2.28. The summed E-state index contributed by atoms with van der Waals surface area (Å²) in [6.07, 6.45) is 5.24. The minimum atomic E-state index is 0.705. The van der Waals surface area contributed by atoms with Crippen molar-refractivity contribution in [2.45, 2.75) is 19.9 Å². The lowest BCUT2D eigenvalue weighted by molar-refractivity contribution is -0.915. The largest absolute Gasteiger partial charge is 0.493 e. The number of ether oxygens (including phenoxy) is 2.